The Morgan fingerprint density at radius 2 is 1.64 bits per heavy atom. The van der Waals surface area contributed by atoms with Crippen LogP contribution in [0.15, 0.2) is 0 Å². The third kappa shape index (κ3) is 3.61. The molecule has 14 heavy (non-hydrogen) atoms. The predicted octanol–water partition coefficient (Wildman–Crippen LogP) is 3.54. The largest absolute Gasteiger partial charge is 0.306 e. The summed E-state index contributed by atoms with van der Waals surface area (Å²) in [6.45, 7) is 4.69. The zero-order valence-electron chi connectivity index (χ0n) is 10.4. The van der Waals surface area contributed by atoms with Crippen LogP contribution in [0.2, 0.25) is 0 Å². The van der Waals surface area contributed by atoms with Crippen molar-refractivity contribution in [2.45, 2.75) is 58.4 Å². The van der Waals surface area contributed by atoms with Crippen molar-refractivity contribution in [2.24, 2.45) is 11.8 Å². The van der Waals surface area contributed by atoms with Gasteiger partial charge < -0.3 is 4.90 Å². The average molecular weight is 197 g/mol. The highest BCUT2D eigenvalue weighted by atomic mass is 15.1. The molecule has 0 amide bonds. The molecular formula is C13H27N. The summed E-state index contributed by atoms with van der Waals surface area (Å²) in [6.07, 6.45) is 8.71. The number of hydrogen-bond acceptors (Lipinski definition) is 1. The van der Waals surface area contributed by atoms with E-state index in [9.17, 15) is 0 Å². The van der Waals surface area contributed by atoms with Gasteiger partial charge in [-0.05, 0) is 45.2 Å². The predicted molar refractivity (Wildman–Crippen MR) is 63.5 cm³/mol. The minimum absolute atomic E-state index is 0.829. The summed E-state index contributed by atoms with van der Waals surface area (Å²) < 4.78 is 0. The normalized spacial score (nSPS) is 21.9. The maximum Gasteiger partial charge on any atom is 0.0120 e. The van der Waals surface area contributed by atoms with Crippen molar-refractivity contribution >= 4 is 0 Å². The molecule has 1 aliphatic carbocycles. The summed E-state index contributed by atoms with van der Waals surface area (Å²) >= 11 is 0. The fourth-order valence-corrected chi connectivity index (χ4v) is 2.83. The first kappa shape index (κ1) is 12.0. The quantitative estimate of drug-likeness (QED) is 0.666. The van der Waals surface area contributed by atoms with Crippen molar-refractivity contribution in [1.29, 1.82) is 0 Å². The molecule has 1 saturated carbocycles. The van der Waals surface area contributed by atoms with Crippen LogP contribution in [0.1, 0.15) is 52.4 Å². The van der Waals surface area contributed by atoms with Crippen LogP contribution >= 0.6 is 0 Å². The van der Waals surface area contributed by atoms with Crippen molar-refractivity contribution < 1.29 is 0 Å². The Morgan fingerprint density at radius 1 is 1.07 bits per heavy atom. The van der Waals surface area contributed by atoms with Crippen LogP contribution < -0.4 is 0 Å². The fraction of sp³-hybridized carbons (Fsp3) is 1.00. The highest BCUT2D eigenvalue weighted by molar-refractivity contribution is 4.79. The smallest absolute Gasteiger partial charge is 0.0120 e. The third-order valence-electron chi connectivity index (χ3n) is 3.57. The second-order valence-electron chi connectivity index (χ2n) is 5.56. The van der Waals surface area contributed by atoms with Gasteiger partial charge in [0.1, 0.15) is 0 Å². The molecule has 0 aromatic rings. The third-order valence-corrected chi connectivity index (χ3v) is 3.57. The summed E-state index contributed by atoms with van der Waals surface area (Å²) in [5.74, 6) is 1.81. The number of hydrogen-bond donors (Lipinski definition) is 0. The molecular weight excluding hydrogens is 170 g/mol. The molecule has 0 bridgehead atoms. The first-order valence-electron chi connectivity index (χ1n) is 6.27. The maximum atomic E-state index is 2.45. The molecule has 1 atom stereocenters. The SMILES string of the molecule is CC(C)C[C@H](C1CCCCC1)N(C)C. The topological polar surface area (TPSA) is 3.24 Å². The average Bonchev–Trinajstić information content (AvgIpc) is 2.15. The molecule has 0 aromatic heterocycles. The van der Waals surface area contributed by atoms with Gasteiger partial charge in [-0.1, -0.05) is 33.1 Å². The van der Waals surface area contributed by atoms with Crippen LogP contribution in [0.25, 0.3) is 0 Å². The Morgan fingerprint density at radius 3 is 2.07 bits per heavy atom. The van der Waals surface area contributed by atoms with Gasteiger partial charge in [0.05, 0.1) is 0 Å². The summed E-state index contributed by atoms with van der Waals surface area (Å²) in [5.41, 5.74) is 0. The van der Waals surface area contributed by atoms with E-state index in [-0.39, 0.29) is 0 Å². The van der Waals surface area contributed by atoms with Crippen molar-refractivity contribution in [3.8, 4) is 0 Å². The summed E-state index contributed by atoms with van der Waals surface area (Å²) in [6, 6.07) is 0.829. The van der Waals surface area contributed by atoms with E-state index in [1.165, 1.54) is 38.5 Å². The van der Waals surface area contributed by atoms with Gasteiger partial charge in [-0.15, -0.1) is 0 Å². The molecule has 1 nitrogen and oxygen atoms in total. The first-order valence-corrected chi connectivity index (χ1v) is 6.27. The van der Waals surface area contributed by atoms with E-state index in [0.717, 1.165) is 17.9 Å². The van der Waals surface area contributed by atoms with Crippen molar-refractivity contribution in [2.75, 3.05) is 14.1 Å². The molecule has 0 spiro atoms. The first-order chi connectivity index (χ1) is 6.61. The molecule has 1 aliphatic rings. The van der Waals surface area contributed by atoms with Crippen LogP contribution in [0.3, 0.4) is 0 Å². The molecule has 1 rings (SSSR count). The van der Waals surface area contributed by atoms with E-state index in [1.807, 2.05) is 0 Å². The van der Waals surface area contributed by atoms with Gasteiger partial charge in [0.15, 0.2) is 0 Å². The van der Waals surface area contributed by atoms with Crippen molar-refractivity contribution in [1.82, 2.24) is 4.90 Å². The van der Waals surface area contributed by atoms with Crippen LogP contribution in [0.4, 0.5) is 0 Å². The van der Waals surface area contributed by atoms with Crippen molar-refractivity contribution in [3.63, 3.8) is 0 Å². The van der Waals surface area contributed by atoms with Gasteiger partial charge in [0.25, 0.3) is 0 Å². The van der Waals surface area contributed by atoms with Crippen molar-refractivity contribution in [3.05, 3.63) is 0 Å². The second-order valence-corrected chi connectivity index (χ2v) is 5.56. The zero-order valence-corrected chi connectivity index (χ0v) is 10.4. The summed E-state index contributed by atoms with van der Waals surface area (Å²) in [4.78, 5) is 2.45. The molecule has 0 aliphatic heterocycles. The van der Waals surface area contributed by atoms with Gasteiger partial charge in [0, 0.05) is 6.04 Å². The van der Waals surface area contributed by atoms with Crippen LogP contribution in [0.5, 0.6) is 0 Å². The Labute approximate surface area is 89.9 Å². The summed E-state index contributed by atoms with van der Waals surface area (Å²) in [5, 5.41) is 0. The van der Waals surface area contributed by atoms with Gasteiger partial charge in [-0.3, -0.25) is 0 Å². The minimum Gasteiger partial charge on any atom is -0.306 e. The molecule has 0 radical (unpaired) electrons. The standard InChI is InChI=1S/C13H27N/c1-11(2)10-13(14(3)4)12-8-6-5-7-9-12/h11-13H,5-10H2,1-4H3/t13-/m1/s1. The van der Waals surface area contributed by atoms with Gasteiger partial charge in [0.2, 0.25) is 0 Å². The van der Waals surface area contributed by atoms with Gasteiger partial charge in [-0.2, -0.15) is 0 Å². The lowest BCUT2D eigenvalue weighted by Gasteiger charge is -2.36. The van der Waals surface area contributed by atoms with Crippen LogP contribution in [-0.4, -0.2) is 25.0 Å². The van der Waals surface area contributed by atoms with E-state index in [4.69, 9.17) is 0 Å². The lowest BCUT2D eigenvalue weighted by atomic mass is 9.80. The molecule has 0 heterocycles. The Kier molecular flexibility index (Phi) is 4.94. The molecule has 1 fully saturated rings. The molecule has 0 N–H and O–H groups in total. The lowest BCUT2D eigenvalue weighted by Crippen LogP contribution is -2.37. The van der Waals surface area contributed by atoms with E-state index >= 15 is 0 Å². The lowest BCUT2D eigenvalue weighted by molar-refractivity contribution is 0.147. The van der Waals surface area contributed by atoms with Crippen LogP contribution in [-0.2, 0) is 0 Å². The monoisotopic (exact) mass is 197 g/mol. The number of rotatable bonds is 4. The number of nitrogens with zero attached hydrogens (tertiary/aromatic N) is 1. The highest BCUT2D eigenvalue weighted by Gasteiger charge is 2.25. The van der Waals surface area contributed by atoms with E-state index in [1.54, 1.807) is 0 Å². The fourth-order valence-electron chi connectivity index (χ4n) is 2.83. The molecule has 84 valence electrons. The summed E-state index contributed by atoms with van der Waals surface area (Å²) in [7, 11) is 4.50. The molecule has 0 aromatic carbocycles. The van der Waals surface area contributed by atoms with E-state index in [2.05, 4.69) is 32.8 Å². The zero-order chi connectivity index (χ0) is 10.6. The van der Waals surface area contributed by atoms with E-state index in [0.29, 0.717) is 0 Å². The Hall–Kier alpha value is -0.0400. The van der Waals surface area contributed by atoms with Crippen LogP contribution in [0, 0.1) is 11.8 Å². The van der Waals surface area contributed by atoms with Gasteiger partial charge >= 0.3 is 0 Å². The Balaban J connectivity index is 2.47. The molecule has 0 unspecified atom stereocenters. The minimum atomic E-state index is 0.829. The van der Waals surface area contributed by atoms with E-state index < -0.39 is 0 Å². The second kappa shape index (κ2) is 5.75. The maximum absolute atomic E-state index is 2.45. The van der Waals surface area contributed by atoms with Gasteiger partial charge in [-0.25, -0.2) is 0 Å². The molecule has 0 saturated heterocycles. The molecule has 1 heteroatoms. The Bertz CT molecular complexity index is 145. The highest BCUT2D eigenvalue weighted by Crippen LogP contribution is 2.31.